The van der Waals surface area contributed by atoms with Crippen LogP contribution in [-0.2, 0) is 0 Å². The van der Waals surface area contributed by atoms with Crippen molar-refractivity contribution in [2.75, 3.05) is 0 Å². The van der Waals surface area contributed by atoms with Crippen LogP contribution in [0, 0.1) is 11.8 Å². The Labute approximate surface area is 54.9 Å². The van der Waals surface area contributed by atoms with Crippen LogP contribution < -0.4 is 11.5 Å². The van der Waals surface area contributed by atoms with Crippen LogP contribution in [0.25, 0.3) is 0 Å². The summed E-state index contributed by atoms with van der Waals surface area (Å²) < 4.78 is 0. The molecule has 0 aliphatic heterocycles. The second kappa shape index (κ2) is 1.58. The minimum Gasteiger partial charge on any atom is -0.326 e. The monoisotopic (exact) mass is 124 g/mol. The van der Waals surface area contributed by atoms with E-state index in [1.54, 1.807) is 0 Å². The second-order valence-electron chi connectivity index (χ2n) is 3.10. The summed E-state index contributed by atoms with van der Waals surface area (Å²) in [7, 11) is 0. The van der Waals surface area contributed by atoms with E-state index in [1.165, 1.54) is 6.42 Å². The molecule has 2 rings (SSSR count). The highest BCUT2D eigenvalue weighted by Crippen LogP contribution is 2.36. The van der Waals surface area contributed by atoms with E-state index in [-0.39, 0.29) is 12.1 Å². The quantitative estimate of drug-likeness (QED) is 0.441. The highest BCUT2D eigenvalue weighted by Gasteiger charge is 2.39. The molecule has 2 heteroatoms. The van der Waals surface area contributed by atoms with Gasteiger partial charge in [0.2, 0.25) is 0 Å². The molecule has 0 heterocycles. The topological polar surface area (TPSA) is 52.0 Å². The van der Waals surface area contributed by atoms with Crippen molar-refractivity contribution in [3.63, 3.8) is 0 Å². The van der Waals surface area contributed by atoms with Crippen LogP contribution in [0.1, 0.15) is 6.42 Å². The Morgan fingerprint density at radius 3 is 1.67 bits per heavy atom. The number of nitrogens with two attached hydrogens (primary N) is 2. The van der Waals surface area contributed by atoms with E-state index in [2.05, 4.69) is 12.2 Å². The van der Waals surface area contributed by atoms with Crippen molar-refractivity contribution in [3.05, 3.63) is 12.2 Å². The third-order valence-electron chi connectivity index (χ3n) is 2.58. The molecule has 0 aromatic rings. The Balaban J connectivity index is 2.26. The molecule has 0 spiro atoms. The van der Waals surface area contributed by atoms with E-state index < -0.39 is 0 Å². The molecule has 2 bridgehead atoms. The van der Waals surface area contributed by atoms with E-state index in [4.69, 9.17) is 11.5 Å². The molecule has 1 fully saturated rings. The van der Waals surface area contributed by atoms with Gasteiger partial charge in [0.15, 0.2) is 0 Å². The maximum Gasteiger partial charge on any atom is 0.0262 e. The van der Waals surface area contributed by atoms with Crippen molar-refractivity contribution in [3.8, 4) is 0 Å². The Kier molecular flexibility index (Phi) is 0.957. The predicted octanol–water partition coefficient (Wildman–Crippen LogP) is -0.153. The van der Waals surface area contributed by atoms with Gasteiger partial charge in [0, 0.05) is 12.1 Å². The molecule has 0 aromatic carbocycles. The summed E-state index contributed by atoms with van der Waals surface area (Å²) in [4.78, 5) is 0. The smallest absolute Gasteiger partial charge is 0.0262 e. The Hall–Kier alpha value is -0.340. The first-order valence-corrected chi connectivity index (χ1v) is 3.48. The van der Waals surface area contributed by atoms with E-state index in [0.29, 0.717) is 11.8 Å². The summed E-state index contributed by atoms with van der Waals surface area (Å²) >= 11 is 0. The molecule has 2 nitrogen and oxygen atoms in total. The van der Waals surface area contributed by atoms with Gasteiger partial charge in [-0.1, -0.05) is 12.2 Å². The summed E-state index contributed by atoms with van der Waals surface area (Å²) in [5, 5.41) is 0. The average Bonchev–Trinajstić information content (AvgIpc) is 2.37. The highest BCUT2D eigenvalue weighted by molar-refractivity contribution is 5.17. The standard InChI is InChI=1S/C7H12N2/c8-6-4-1-2-5(3-4)7(6)9/h1-2,4-7H,3,8-9H2. The second-order valence-corrected chi connectivity index (χ2v) is 3.10. The molecule has 2 aliphatic carbocycles. The number of hydrogen-bond donors (Lipinski definition) is 2. The van der Waals surface area contributed by atoms with E-state index in [1.807, 2.05) is 0 Å². The van der Waals surface area contributed by atoms with Gasteiger partial charge in [0.05, 0.1) is 0 Å². The lowest BCUT2D eigenvalue weighted by Crippen LogP contribution is -2.43. The average molecular weight is 124 g/mol. The maximum atomic E-state index is 5.79. The summed E-state index contributed by atoms with van der Waals surface area (Å²) in [6, 6.07) is 0.472. The largest absolute Gasteiger partial charge is 0.326 e. The highest BCUT2D eigenvalue weighted by atomic mass is 14.8. The first kappa shape index (κ1) is 5.45. The van der Waals surface area contributed by atoms with Crippen LogP contribution in [0.5, 0.6) is 0 Å². The SMILES string of the molecule is NC1C2C=CC(C2)C1N. The van der Waals surface area contributed by atoms with Crippen LogP contribution in [0.3, 0.4) is 0 Å². The van der Waals surface area contributed by atoms with Crippen molar-refractivity contribution >= 4 is 0 Å². The lowest BCUT2D eigenvalue weighted by Gasteiger charge is -2.19. The Bertz CT molecular complexity index is 137. The minimum atomic E-state index is 0.236. The van der Waals surface area contributed by atoms with Gasteiger partial charge in [-0.05, 0) is 18.3 Å². The predicted molar refractivity (Wildman–Crippen MR) is 36.7 cm³/mol. The first-order chi connectivity index (χ1) is 4.29. The van der Waals surface area contributed by atoms with Gasteiger partial charge in [0.1, 0.15) is 0 Å². The molecular formula is C7H12N2. The summed E-state index contributed by atoms with van der Waals surface area (Å²) in [6.45, 7) is 0. The molecule has 0 saturated heterocycles. The van der Waals surface area contributed by atoms with Crippen molar-refractivity contribution in [2.24, 2.45) is 23.3 Å². The fourth-order valence-electron chi connectivity index (χ4n) is 1.90. The first-order valence-electron chi connectivity index (χ1n) is 3.48. The fraction of sp³-hybridized carbons (Fsp3) is 0.714. The van der Waals surface area contributed by atoms with Gasteiger partial charge in [-0.15, -0.1) is 0 Å². The Morgan fingerprint density at radius 2 is 1.44 bits per heavy atom. The molecule has 1 saturated carbocycles. The van der Waals surface area contributed by atoms with Crippen LogP contribution in [-0.4, -0.2) is 12.1 Å². The third kappa shape index (κ3) is 0.575. The van der Waals surface area contributed by atoms with Gasteiger partial charge in [0.25, 0.3) is 0 Å². The zero-order valence-electron chi connectivity index (χ0n) is 5.33. The molecule has 2 aliphatic rings. The molecule has 50 valence electrons. The number of hydrogen-bond acceptors (Lipinski definition) is 2. The van der Waals surface area contributed by atoms with Gasteiger partial charge >= 0.3 is 0 Å². The molecule has 0 radical (unpaired) electrons. The number of fused-ring (bicyclic) bond motifs is 2. The van der Waals surface area contributed by atoms with Gasteiger partial charge in [-0.2, -0.15) is 0 Å². The van der Waals surface area contributed by atoms with Crippen molar-refractivity contribution in [2.45, 2.75) is 18.5 Å². The summed E-state index contributed by atoms with van der Waals surface area (Å²) in [5.74, 6) is 1.18. The third-order valence-corrected chi connectivity index (χ3v) is 2.58. The van der Waals surface area contributed by atoms with Gasteiger partial charge in [-0.25, -0.2) is 0 Å². The summed E-state index contributed by atoms with van der Waals surface area (Å²) in [5.41, 5.74) is 11.6. The van der Waals surface area contributed by atoms with Crippen LogP contribution in [0.15, 0.2) is 12.2 Å². The van der Waals surface area contributed by atoms with Crippen molar-refractivity contribution in [1.29, 1.82) is 0 Å². The Morgan fingerprint density at radius 1 is 1.00 bits per heavy atom. The van der Waals surface area contributed by atoms with Crippen LogP contribution >= 0.6 is 0 Å². The number of rotatable bonds is 0. The molecule has 0 amide bonds. The zero-order valence-corrected chi connectivity index (χ0v) is 5.33. The van der Waals surface area contributed by atoms with Crippen LogP contribution in [0.4, 0.5) is 0 Å². The lowest BCUT2D eigenvalue weighted by atomic mass is 9.98. The maximum absolute atomic E-state index is 5.79. The summed E-state index contributed by atoms with van der Waals surface area (Å²) in [6.07, 6.45) is 5.61. The molecule has 9 heavy (non-hydrogen) atoms. The van der Waals surface area contributed by atoms with Gasteiger partial charge in [-0.3, -0.25) is 0 Å². The molecule has 4 atom stereocenters. The molecule has 0 aromatic heterocycles. The lowest BCUT2D eigenvalue weighted by molar-refractivity contribution is 0.499. The van der Waals surface area contributed by atoms with E-state index in [0.717, 1.165) is 0 Å². The molecule has 4 N–H and O–H groups in total. The zero-order chi connectivity index (χ0) is 6.43. The molecular weight excluding hydrogens is 112 g/mol. The van der Waals surface area contributed by atoms with Crippen molar-refractivity contribution in [1.82, 2.24) is 0 Å². The normalized spacial score (nSPS) is 54.9. The van der Waals surface area contributed by atoms with E-state index in [9.17, 15) is 0 Å². The molecule has 4 unspecified atom stereocenters. The van der Waals surface area contributed by atoms with Gasteiger partial charge < -0.3 is 11.5 Å². The van der Waals surface area contributed by atoms with Crippen LogP contribution in [0.2, 0.25) is 0 Å². The van der Waals surface area contributed by atoms with E-state index >= 15 is 0 Å². The van der Waals surface area contributed by atoms with Crippen molar-refractivity contribution < 1.29 is 0 Å². The fourth-order valence-corrected chi connectivity index (χ4v) is 1.90. The minimum absolute atomic E-state index is 0.236.